The van der Waals surface area contributed by atoms with Crippen molar-refractivity contribution in [3.8, 4) is 5.75 Å². The van der Waals surface area contributed by atoms with Crippen LogP contribution in [0, 0.1) is 20.8 Å². The largest absolute Gasteiger partial charge is 0.484 e. The van der Waals surface area contributed by atoms with Crippen LogP contribution in [0.25, 0.3) is 0 Å². The third-order valence-corrected chi connectivity index (χ3v) is 3.72. The van der Waals surface area contributed by atoms with Gasteiger partial charge in [0.05, 0.1) is 11.4 Å². The molecule has 0 radical (unpaired) electrons. The Hall–Kier alpha value is -2.89. The van der Waals surface area contributed by atoms with Crippen molar-refractivity contribution in [3.63, 3.8) is 0 Å². The van der Waals surface area contributed by atoms with E-state index in [1.807, 2.05) is 26.8 Å². The molecule has 0 atom stereocenters. The van der Waals surface area contributed by atoms with Crippen LogP contribution < -0.4 is 10.1 Å². The van der Waals surface area contributed by atoms with Gasteiger partial charge in [0.25, 0.3) is 11.8 Å². The molecule has 6 nitrogen and oxygen atoms in total. The van der Waals surface area contributed by atoms with Crippen LogP contribution in [0.15, 0.2) is 30.3 Å². The number of rotatable bonds is 5. The van der Waals surface area contributed by atoms with Crippen molar-refractivity contribution >= 4 is 17.5 Å². The second kappa shape index (κ2) is 7.79. The lowest BCUT2D eigenvalue weighted by Crippen LogP contribution is -2.27. The van der Waals surface area contributed by atoms with Gasteiger partial charge < -0.3 is 15.0 Å². The molecule has 0 aliphatic carbocycles. The van der Waals surface area contributed by atoms with E-state index in [4.69, 9.17) is 4.74 Å². The number of pyridine rings is 1. The molecule has 0 aliphatic heterocycles. The first-order valence-electron chi connectivity index (χ1n) is 7.97. The molecule has 0 spiro atoms. The number of aryl methyl sites for hydroxylation is 3. The number of carbonyl (C=O) groups is 2. The molecule has 0 saturated carbocycles. The Morgan fingerprint density at radius 1 is 1.16 bits per heavy atom. The smallest absolute Gasteiger partial charge is 0.259 e. The summed E-state index contributed by atoms with van der Waals surface area (Å²) in [4.78, 5) is 30.0. The van der Waals surface area contributed by atoms with Crippen molar-refractivity contribution in [3.05, 3.63) is 52.8 Å². The average Bonchev–Trinajstić information content (AvgIpc) is 2.55. The van der Waals surface area contributed by atoms with Gasteiger partial charge in [-0.3, -0.25) is 14.6 Å². The van der Waals surface area contributed by atoms with Gasteiger partial charge in [-0.1, -0.05) is 6.07 Å². The summed E-state index contributed by atoms with van der Waals surface area (Å²) >= 11 is 0. The lowest BCUT2D eigenvalue weighted by Gasteiger charge is -2.13. The number of amides is 2. The van der Waals surface area contributed by atoms with Crippen molar-refractivity contribution in [1.82, 2.24) is 9.88 Å². The van der Waals surface area contributed by atoms with E-state index >= 15 is 0 Å². The molecule has 2 aromatic rings. The second-order valence-electron chi connectivity index (χ2n) is 6.10. The highest BCUT2D eigenvalue weighted by Crippen LogP contribution is 2.21. The third-order valence-electron chi connectivity index (χ3n) is 3.72. The number of hydrogen-bond acceptors (Lipinski definition) is 4. The summed E-state index contributed by atoms with van der Waals surface area (Å²) in [5.74, 6) is 0.0754. The molecule has 2 rings (SSSR count). The summed E-state index contributed by atoms with van der Waals surface area (Å²) in [6.45, 7) is 5.64. The lowest BCUT2D eigenvalue weighted by atomic mass is 10.1. The molecule has 0 fully saturated rings. The standard InChI is InChI=1S/C19H23N3O3/c1-12-9-13(2)20-14(3)18(12)21-19(24)15-7-6-8-16(10-15)25-11-17(23)22(4)5/h6-10H,11H2,1-5H3,(H,21,24). The van der Waals surface area contributed by atoms with E-state index in [2.05, 4.69) is 10.3 Å². The highest BCUT2D eigenvalue weighted by atomic mass is 16.5. The molecule has 1 heterocycles. The van der Waals surface area contributed by atoms with Crippen LogP contribution in [-0.2, 0) is 4.79 Å². The number of carbonyl (C=O) groups excluding carboxylic acids is 2. The number of nitrogens with zero attached hydrogens (tertiary/aromatic N) is 2. The molecule has 0 saturated heterocycles. The zero-order valence-electron chi connectivity index (χ0n) is 15.2. The molecule has 132 valence electrons. The normalized spacial score (nSPS) is 10.3. The Kier molecular flexibility index (Phi) is 5.75. The first-order valence-corrected chi connectivity index (χ1v) is 7.97. The van der Waals surface area contributed by atoms with Crippen LogP contribution >= 0.6 is 0 Å². The van der Waals surface area contributed by atoms with Gasteiger partial charge >= 0.3 is 0 Å². The molecule has 0 aliphatic rings. The summed E-state index contributed by atoms with van der Waals surface area (Å²) in [7, 11) is 3.33. The van der Waals surface area contributed by atoms with Gasteiger partial charge in [0, 0.05) is 25.4 Å². The van der Waals surface area contributed by atoms with Crippen molar-refractivity contribution in [2.75, 3.05) is 26.0 Å². The summed E-state index contributed by atoms with van der Waals surface area (Å²) in [6, 6.07) is 8.67. The maximum Gasteiger partial charge on any atom is 0.259 e. The Morgan fingerprint density at radius 3 is 2.52 bits per heavy atom. The lowest BCUT2D eigenvalue weighted by molar-refractivity contribution is -0.130. The zero-order chi connectivity index (χ0) is 18.6. The van der Waals surface area contributed by atoms with E-state index in [1.165, 1.54) is 4.90 Å². The second-order valence-corrected chi connectivity index (χ2v) is 6.10. The monoisotopic (exact) mass is 341 g/mol. The minimum Gasteiger partial charge on any atom is -0.484 e. The Bertz CT molecular complexity index is 777. The average molecular weight is 341 g/mol. The van der Waals surface area contributed by atoms with Gasteiger partial charge in [-0.05, 0) is 50.6 Å². The minimum atomic E-state index is -0.249. The highest BCUT2D eigenvalue weighted by Gasteiger charge is 2.12. The topological polar surface area (TPSA) is 71.5 Å². The van der Waals surface area contributed by atoms with Crippen LogP contribution in [0.2, 0.25) is 0 Å². The maximum atomic E-state index is 12.5. The van der Waals surface area contributed by atoms with Crippen molar-refractivity contribution < 1.29 is 14.3 Å². The van der Waals surface area contributed by atoms with E-state index in [-0.39, 0.29) is 18.4 Å². The van der Waals surface area contributed by atoms with Gasteiger partial charge in [-0.2, -0.15) is 0 Å². The van der Waals surface area contributed by atoms with Crippen LogP contribution in [0.5, 0.6) is 5.75 Å². The molecular weight excluding hydrogens is 318 g/mol. The summed E-state index contributed by atoms with van der Waals surface area (Å²) in [5, 5.41) is 2.90. The quantitative estimate of drug-likeness (QED) is 0.908. The fourth-order valence-electron chi connectivity index (χ4n) is 2.40. The van der Waals surface area contributed by atoms with E-state index in [9.17, 15) is 9.59 Å². The summed E-state index contributed by atoms with van der Waals surface area (Å²) in [6.07, 6.45) is 0. The molecule has 25 heavy (non-hydrogen) atoms. The SMILES string of the molecule is Cc1cc(C)c(NC(=O)c2cccc(OCC(=O)N(C)C)c2)c(C)n1. The Labute approximate surface area is 147 Å². The van der Waals surface area contributed by atoms with E-state index < -0.39 is 0 Å². The predicted molar refractivity (Wildman–Crippen MR) is 97.0 cm³/mol. The van der Waals surface area contributed by atoms with Crippen LogP contribution in [0.3, 0.4) is 0 Å². The van der Waals surface area contributed by atoms with Crippen molar-refractivity contribution in [2.24, 2.45) is 0 Å². The number of ether oxygens (including phenoxy) is 1. The number of hydrogen-bond donors (Lipinski definition) is 1. The van der Waals surface area contributed by atoms with Gasteiger partial charge in [0.1, 0.15) is 5.75 Å². The highest BCUT2D eigenvalue weighted by molar-refractivity contribution is 6.05. The fourth-order valence-corrected chi connectivity index (χ4v) is 2.40. The molecule has 1 aromatic heterocycles. The molecule has 0 unspecified atom stereocenters. The summed E-state index contributed by atoms with van der Waals surface area (Å²) in [5.41, 5.74) is 3.81. The molecule has 1 N–H and O–H groups in total. The van der Waals surface area contributed by atoms with Gasteiger partial charge in [0.2, 0.25) is 0 Å². The van der Waals surface area contributed by atoms with Crippen molar-refractivity contribution in [1.29, 1.82) is 0 Å². The molecule has 0 bridgehead atoms. The fraction of sp³-hybridized carbons (Fsp3) is 0.316. The third kappa shape index (κ3) is 4.79. The van der Waals surface area contributed by atoms with Gasteiger partial charge in [-0.15, -0.1) is 0 Å². The van der Waals surface area contributed by atoms with Gasteiger partial charge in [-0.25, -0.2) is 0 Å². The first-order chi connectivity index (χ1) is 11.8. The zero-order valence-corrected chi connectivity index (χ0v) is 15.2. The maximum absolute atomic E-state index is 12.5. The van der Waals surface area contributed by atoms with Gasteiger partial charge in [0.15, 0.2) is 6.61 Å². The predicted octanol–water partition coefficient (Wildman–Crippen LogP) is 2.73. The number of nitrogens with one attached hydrogen (secondary N) is 1. The molecule has 2 amide bonds. The van der Waals surface area contributed by atoms with Crippen LogP contribution in [0.1, 0.15) is 27.3 Å². The number of likely N-dealkylation sites (N-methyl/N-ethyl adjacent to an activating group) is 1. The number of anilines is 1. The van der Waals surface area contributed by atoms with E-state index in [0.717, 1.165) is 17.0 Å². The number of benzene rings is 1. The first kappa shape index (κ1) is 18.4. The minimum absolute atomic E-state index is 0.0713. The van der Waals surface area contributed by atoms with Crippen LogP contribution in [-0.4, -0.2) is 42.4 Å². The number of aromatic nitrogens is 1. The van der Waals surface area contributed by atoms with Crippen molar-refractivity contribution in [2.45, 2.75) is 20.8 Å². The van der Waals surface area contributed by atoms with Crippen LogP contribution in [0.4, 0.5) is 5.69 Å². The Balaban J connectivity index is 2.13. The summed E-state index contributed by atoms with van der Waals surface area (Å²) < 4.78 is 5.45. The molecule has 1 aromatic carbocycles. The molecular formula is C19H23N3O3. The van der Waals surface area contributed by atoms with E-state index in [1.54, 1.807) is 38.4 Å². The van der Waals surface area contributed by atoms with E-state index in [0.29, 0.717) is 17.0 Å². The molecule has 6 heteroatoms. The Morgan fingerprint density at radius 2 is 1.88 bits per heavy atom.